The maximum atomic E-state index is 5.62. The number of benzene rings is 1. The number of rotatable bonds is 6. The minimum Gasteiger partial charge on any atom is -0.497 e. The molecule has 4 heteroatoms. The highest BCUT2D eigenvalue weighted by molar-refractivity contribution is 5.28. The van der Waals surface area contributed by atoms with E-state index in [1.165, 1.54) is 5.56 Å². The average molecular weight is 278 g/mol. The molecule has 112 valence electrons. The van der Waals surface area contributed by atoms with Gasteiger partial charge in [0, 0.05) is 31.7 Å². The van der Waals surface area contributed by atoms with Crippen LogP contribution in [0.4, 0.5) is 0 Å². The molecule has 0 spiro atoms. The zero-order valence-electron chi connectivity index (χ0n) is 12.8. The predicted molar refractivity (Wildman–Crippen MR) is 81.1 cm³/mol. The summed E-state index contributed by atoms with van der Waals surface area (Å²) in [5, 5.41) is 3.51. The van der Waals surface area contributed by atoms with Crippen molar-refractivity contribution >= 4 is 0 Å². The Hall–Kier alpha value is -1.10. The van der Waals surface area contributed by atoms with Crippen molar-refractivity contribution in [3.8, 4) is 5.75 Å². The van der Waals surface area contributed by atoms with Crippen LogP contribution in [-0.2, 0) is 11.3 Å². The first-order valence-electron chi connectivity index (χ1n) is 7.37. The summed E-state index contributed by atoms with van der Waals surface area (Å²) in [6.45, 7) is 8.90. The van der Waals surface area contributed by atoms with Gasteiger partial charge in [-0.05, 0) is 17.7 Å². The van der Waals surface area contributed by atoms with E-state index in [1.807, 2.05) is 6.07 Å². The summed E-state index contributed by atoms with van der Waals surface area (Å²) in [6.07, 6.45) is 0. The van der Waals surface area contributed by atoms with Crippen LogP contribution in [0.2, 0.25) is 0 Å². The molecule has 0 radical (unpaired) electrons. The van der Waals surface area contributed by atoms with E-state index in [9.17, 15) is 0 Å². The molecule has 1 saturated heterocycles. The lowest BCUT2D eigenvalue weighted by atomic mass is 10.1. The van der Waals surface area contributed by atoms with Crippen molar-refractivity contribution in [3.63, 3.8) is 0 Å². The Balaban J connectivity index is 1.96. The third-order valence-electron chi connectivity index (χ3n) is 3.63. The molecule has 1 fully saturated rings. The van der Waals surface area contributed by atoms with Gasteiger partial charge in [0.15, 0.2) is 0 Å². The molecule has 2 rings (SSSR count). The highest BCUT2D eigenvalue weighted by Crippen LogP contribution is 2.17. The van der Waals surface area contributed by atoms with Crippen molar-refractivity contribution in [2.75, 3.05) is 33.4 Å². The van der Waals surface area contributed by atoms with Crippen LogP contribution in [0.25, 0.3) is 0 Å². The van der Waals surface area contributed by atoms with E-state index in [0.29, 0.717) is 12.1 Å². The molecule has 1 aliphatic rings. The summed E-state index contributed by atoms with van der Waals surface area (Å²) in [6, 6.07) is 9.26. The highest BCUT2D eigenvalue weighted by Gasteiger charge is 2.23. The number of ether oxygens (including phenoxy) is 2. The lowest BCUT2D eigenvalue weighted by molar-refractivity contribution is -0.0115. The van der Waals surface area contributed by atoms with Gasteiger partial charge in [0.2, 0.25) is 0 Å². The summed E-state index contributed by atoms with van der Waals surface area (Å²) in [7, 11) is 1.71. The summed E-state index contributed by atoms with van der Waals surface area (Å²) in [5.41, 5.74) is 1.29. The average Bonchev–Trinajstić information content (AvgIpc) is 2.46. The molecule has 1 aromatic carbocycles. The fraction of sp³-hybridized carbons (Fsp3) is 0.625. The van der Waals surface area contributed by atoms with Crippen LogP contribution in [0, 0.1) is 0 Å². The molecule has 1 unspecified atom stereocenters. The smallest absolute Gasteiger partial charge is 0.119 e. The first kappa shape index (κ1) is 15.3. The van der Waals surface area contributed by atoms with Crippen LogP contribution in [-0.4, -0.2) is 50.4 Å². The molecule has 0 bridgehead atoms. The van der Waals surface area contributed by atoms with E-state index in [-0.39, 0.29) is 0 Å². The van der Waals surface area contributed by atoms with Gasteiger partial charge in [-0.2, -0.15) is 0 Å². The Labute approximate surface area is 122 Å². The van der Waals surface area contributed by atoms with Gasteiger partial charge in [0.1, 0.15) is 5.75 Å². The Morgan fingerprint density at radius 3 is 3.05 bits per heavy atom. The Morgan fingerprint density at radius 1 is 1.45 bits per heavy atom. The topological polar surface area (TPSA) is 33.7 Å². The molecule has 0 amide bonds. The summed E-state index contributed by atoms with van der Waals surface area (Å²) in [4.78, 5) is 2.49. The van der Waals surface area contributed by atoms with E-state index in [2.05, 4.69) is 42.3 Å². The van der Waals surface area contributed by atoms with Crippen LogP contribution in [0.5, 0.6) is 5.75 Å². The summed E-state index contributed by atoms with van der Waals surface area (Å²) >= 11 is 0. The van der Waals surface area contributed by atoms with E-state index in [1.54, 1.807) is 7.11 Å². The fourth-order valence-corrected chi connectivity index (χ4v) is 2.46. The lowest BCUT2D eigenvalue weighted by Crippen LogP contribution is -2.50. The van der Waals surface area contributed by atoms with E-state index in [0.717, 1.165) is 38.6 Å². The quantitative estimate of drug-likeness (QED) is 0.861. The first-order chi connectivity index (χ1) is 9.69. The standard InChI is InChI=1S/C16H26N2O2/c1-13(2)17-10-15-12-20-8-7-18(15)11-14-5-4-6-16(9-14)19-3/h4-6,9,13,15,17H,7-8,10-12H2,1-3H3. The van der Waals surface area contributed by atoms with Gasteiger partial charge >= 0.3 is 0 Å². The maximum absolute atomic E-state index is 5.62. The number of nitrogens with zero attached hydrogens (tertiary/aromatic N) is 1. The van der Waals surface area contributed by atoms with Crippen molar-refractivity contribution in [2.24, 2.45) is 0 Å². The molecule has 0 saturated carbocycles. The molecular weight excluding hydrogens is 252 g/mol. The third kappa shape index (κ3) is 4.47. The third-order valence-corrected chi connectivity index (χ3v) is 3.63. The van der Waals surface area contributed by atoms with E-state index in [4.69, 9.17) is 9.47 Å². The molecule has 20 heavy (non-hydrogen) atoms. The largest absolute Gasteiger partial charge is 0.497 e. The minimum absolute atomic E-state index is 0.442. The van der Waals surface area contributed by atoms with Gasteiger partial charge in [-0.3, -0.25) is 4.90 Å². The van der Waals surface area contributed by atoms with Crippen molar-refractivity contribution in [2.45, 2.75) is 32.5 Å². The Bertz CT molecular complexity index is 409. The maximum Gasteiger partial charge on any atom is 0.119 e. The minimum atomic E-state index is 0.442. The number of methoxy groups -OCH3 is 1. The Morgan fingerprint density at radius 2 is 2.30 bits per heavy atom. The second-order valence-electron chi connectivity index (χ2n) is 5.61. The van der Waals surface area contributed by atoms with Crippen molar-refractivity contribution in [1.29, 1.82) is 0 Å². The first-order valence-corrected chi connectivity index (χ1v) is 7.37. The molecule has 0 aromatic heterocycles. The van der Waals surface area contributed by atoms with Crippen molar-refractivity contribution in [1.82, 2.24) is 10.2 Å². The number of hydrogen-bond acceptors (Lipinski definition) is 4. The van der Waals surface area contributed by atoms with Gasteiger partial charge in [-0.1, -0.05) is 26.0 Å². The predicted octanol–water partition coefficient (Wildman–Crippen LogP) is 1.89. The van der Waals surface area contributed by atoms with Gasteiger partial charge in [0.25, 0.3) is 0 Å². The second-order valence-corrected chi connectivity index (χ2v) is 5.61. The van der Waals surface area contributed by atoms with Gasteiger partial charge in [0.05, 0.1) is 20.3 Å². The van der Waals surface area contributed by atoms with Gasteiger partial charge in [-0.25, -0.2) is 0 Å². The fourth-order valence-electron chi connectivity index (χ4n) is 2.46. The van der Waals surface area contributed by atoms with Gasteiger partial charge < -0.3 is 14.8 Å². The van der Waals surface area contributed by atoms with Crippen LogP contribution in [0.3, 0.4) is 0 Å². The monoisotopic (exact) mass is 278 g/mol. The number of hydrogen-bond donors (Lipinski definition) is 1. The SMILES string of the molecule is COc1cccc(CN2CCOCC2CNC(C)C)c1. The van der Waals surface area contributed by atoms with Crippen molar-refractivity contribution in [3.05, 3.63) is 29.8 Å². The lowest BCUT2D eigenvalue weighted by Gasteiger charge is -2.36. The second kappa shape index (κ2) is 7.62. The van der Waals surface area contributed by atoms with E-state index >= 15 is 0 Å². The summed E-state index contributed by atoms with van der Waals surface area (Å²) in [5.74, 6) is 0.924. The van der Waals surface area contributed by atoms with Crippen LogP contribution >= 0.6 is 0 Å². The molecule has 1 aromatic rings. The van der Waals surface area contributed by atoms with Crippen LogP contribution in [0.15, 0.2) is 24.3 Å². The molecule has 4 nitrogen and oxygen atoms in total. The zero-order valence-corrected chi connectivity index (χ0v) is 12.8. The van der Waals surface area contributed by atoms with Crippen molar-refractivity contribution < 1.29 is 9.47 Å². The molecule has 1 aliphatic heterocycles. The molecule has 1 heterocycles. The van der Waals surface area contributed by atoms with Crippen LogP contribution in [0.1, 0.15) is 19.4 Å². The number of morpholine rings is 1. The summed E-state index contributed by atoms with van der Waals surface area (Å²) < 4.78 is 10.9. The van der Waals surface area contributed by atoms with E-state index < -0.39 is 0 Å². The normalized spacial score (nSPS) is 20.3. The zero-order chi connectivity index (χ0) is 14.4. The molecular formula is C16H26N2O2. The highest BCUT2D eigenvalue weighted by atomic mass is 16.5. The molecule has 1 N–H and O–H groups in total. The van der Waals surface area contributed by atoms with Gasteiger partial charge in [-0.15, -0.1) is 0 Å². The molecule has 0 aliphatic carbocycles. The Kier molecular flexibility index (Phi) is 5.83. The molecule has 1 atom stereocenters. The number of nitrogens with one attached hydrogen (secondary N) is 1. The van der Waals surface area contributed by atoms with Crippen LogP contribution < -0.4 is 10.1 Å².